The van der Waals surface area contributed by atoms with Gasteiger partial charge < -0.3 is 19.7 Å². The molecule has 13 heteroatoms. The maximum absolute atomic E-state index is 14.3. The molecule has 270 valence electrons. The number of alkyl halides is 2. The van der Waals surface area contributed by atoms with Gasteiger partial charge in [-0.3, -0.25) is 9.52 Å². The van der Waals surface area contributed by atoms with E-state index in [0.29, 0.717) is 42.2 Å². The SMILES string of the molecule is CO[C@H]1/C=C\C[C@H](C)CS(=O)(NC(=O)N[C@H]2C[C@@H]2C(F)F)=NC(=O)c2ccc3c(c2)N(C[C@@H]2CC[C@H]21)C[C@@]1(CCCc2cc(Cl)ccc21)CO3. The van der Waals surface area contributed by atoms with Crippen LogP contribution in [0.5, 0.6) is 5.75 Å². The molecule has 2 bridgehead atoms. The lowest BCUT2D eigenvalue weighted by Gasteiger charge is -2.46. The zero-order valence-corrected chi connectivity index (χ0v) is 30.0. The zero-order chi connectivity index (χ0) is 35.2. The smallest absolute Gasteiger partial charge is 0.327 e. The molecule has 1 unspecified atom stereocenters. The molecule has 5 aliphatic rings. The van der Waals surface area contributed by atoms with E-state index in [4.69, 9.17) is 21.1 Å². The summed E-state index contributed by atoms with van der Waals surface area (Å²) in [5, 5.41) is 3.19. The van der Waals surface area contributed by atoms with Crippen LogP contribution in [0.1, 0.15) is 66.9 Å². The Balaban J connectivity index is 1.26. The molecular weight excluding hydrogens is 686 g/mol. The van der Waals surface area contributed by atoms with Crippen molar-refractivity contribution in [3.63, 3.8) is 0 Å². The highest BCUT2D eigenvalue weighted by Crippen LogP contribution is 2.47. The van der Waals surface area contributed by atoms with Crippen molar-refractivity contribution in [2.75, 3.05) is 37.5 Å². The standard InChI is InChI=1S/C37H45ClF2N4O5S/c1-22-5-3-7-32(48-2)27-11-8-25(27)18-44-20-37(14-4-6-23-15-26(38)10-12-29(23)37)21-49-33-13-9-24(16-31(33)44)35(45)42-50(47,19-22)43-36(46)41-30-17-28(30)34(39)40/h3,7,9-10,12-13,15-16,22,25,27-28,30,32,34H,4-6,8,11,14,17-21H2,1-2H3,(H2,41,42,43,45,46,47)/b7-3-/t22-,25-,27+,28-,30-,32-,37-,50?/m0/s1. The number of allylic oxidation sites excluding steroid dienone is 1. The molecule has 8 atom stereocenters. The molecular formula is C37H45ClF2N4O5S. The molecule has 0 saturated heterocycles. The van der Waals surface area contributed by atoms with Gasteiger partial charge in [-0.25, -0.2) is 17.8 Å². The molecule has 2 heterocycles. The minimum absolute atomic E-state index is 0.102. The van der Waals surface area contributed by atoms with E-state index in [0.717, 1.165) is 44.3 Å². The van der Waals surface area contributed by atoms with Crippen molar-refractivity contribution in [1.82, 2.24) is 10.0 Å². The van der Waals surface area contributed by atoms with Crippen LogP contribution in [0.4, 0.5) is 19.3 Å². The van der Waals surface area contributed by atoms with Gasteiger partial charge in [-0.15, -0.1) is 4.36 Å². The van der Waals surface area contributed by atoms with Gasteiger partial charge in [-0.1, -0.05) is 36.7 Å². The minimum atomic E-state index is -3.64. The summed E-state index contributed by atoms with van der Waals surface area (Å²) in [6.45, 7) is 3.76. The molecule has 7 rings (SSSR count). The lowest BCUT2D eigenvalue weighted by atomic mass is 9.68. The number of carbonyl (C=O) groups is 2. The van der Waals surface area contributed by atoms with Crippen molar-refractivity contribution in [2.45, 2.75) is 75.9 Å². The highest BCUT2D eigenvalue weighted by molar-refractivity contribution is 7.92. The van der Waals surface area contributed by atoms with Crippen LogP contribution in [0.25, 0.3) is 0 Å². The largest absolute Gasteiger partial charge is 0.490 e. The quantitative estimate of drug-likeness (QED) is 0.331. The molecule has 3 aliphatic carbocycles. The predicted molar refractivity (Wildman–Crippen MR) is 189 cm³/mol. The molecule has 9 nitrogen and oxygen atoms in total. The Morgan fingerprint density at radius 2 is 2.06 bits per heavy atom. The molecule has 2 aliphatic heterocycles. The molecule has 50 heavy (non-hydrogen) atoms. The molecule has 0 aromatic heterocycles. The number of benzene rings is 2. The van der Waals surface area contributed by atoms with Crippen LogP contribution < -0.4 is 19.7 Å². The number of hydrogen-bond acceptors (Lipinski definition) is 6. The normalized spacial score (nSPS) is 34.3. The van der Waals surface area contributed by atoms with E-state index in [1.54, 1.807) is 25.3 Å². The van der Waals surface area contributed by atoms with E-state index < -0.39 is 40.2 Å². The zero-order valence-electron chi connectivity index (χ0n) is 28.4. The van der Waals surface area contributed by atoms with E-state index in [9.17, 15) is 22.6 Å². The summed E-state index contributed by atoms with van der Waals surface area (Å²) in [5.41, 5.74) is 3.17. The number of nitrogens with zero attached hydrogens (tertiary/aromatic N) is 2. The third-order valence-electron chi connectivity index (χ3n) is 11.2. The van der Waals surface area contributed by atoms with Crippen molar-refractivity contribution in [3.05, 3.63) is 70.3 Å². The first-order valence-corrected chi connectivity index (χ1v) is 19.7. The van der Waals surface area contributed by atoms with Crippen LogP contribution in [0.15, 0.2) is 52.9 Å². The number of methoxy groups -OCH3 is 1. The number of fused-ring (bicyclic) bond motifs is 4. The maximum Gasteiger partial charge on any atom is 0.327 e. The summed E-state index contributed by atoms with van der Waals surface area (Å²) < 4.78 is 59.6. The Morgan fingerprint density at radius 1 is 1.22 bits per heavy atom. The highest BCUT2D eigenvalue weighted by Gasteiger charge is 2.46. The van der Waals surface area contributed by atoms with Crippen LogP contribution in [0, 0.1) is 23.7 Å². The topological polar surface area (TPSA) is 109 Å². The number of ether oxygens (including phenoxy) is 2. The van der Waals surface area contributed by atoms with Gasteiger partial charge in [-0.2, -0.15) is 0 Å². The molecule has 2 fully saturated rings. The van der Waals surface area contributed by atoms with E-state index in [-0.39, 0.29) is 35.2 Å². The summed E-state index contributed by atoms with van der Waals surface area (Å²) in [7, 11) is -1.92. The summed E-state index contributed by atoms with van der Waals surface area (Å²) in [4.78, 5) is 29.1. The molecule has 2 aromatic rings. The third kappa shape index (κ3) is 7.25. The molecule has 0 radical (unpaired) electrons. The monoisotopic (exact) mass is 730 g/mol. The van der Waals surface area contributed by atoms with E-state index in [1.165, 1.54) is 11.1 Å². The van der Waals surface area contributed by atoms with Crippen LogP contribution in [0.3, 0.4) is 0 Å². The average Bonchev–Trinajstić information content (AvgIpc) is 3.84. The van der Waals surface area contributed by atoms with Crippen LogP contribution in [-0.4, -0.2) is 67.3 Å². The number of halogens is 3. The first kappa shape index (κ1) is 35.2. The lowest BCUT2D eigenvalue weighted by molar-refractivity contribution is 0.0131. The fraction of sp³-hybridized carbons (Fsp3) is 0.568. The molecule has 2 aromatic carbocycles. The van der Waals surface area contributed by atoms with Crippen LogP contribution in [-0.2, 0) is 26.5 Å². The Bertz CT molecular complexity index is 1800. The van der Waals surface area contributed by atoms with Crippen LogP contribution in [0.2, 0.25) is 5.02 Å². The van der Waals surface area contributed by atoms with Crippen molar-refractivity contribution in [2.24, 2.45) is 28.0 Å². The number of urea groups is 1. The number of nitrogens with one attached hydrogen (secondary N) is 2. The summed E-state index contributed by atoms with van der Waals surface area (Å²) in [5.74, 6) is -0.692. The number of hydrogen-bond donors (Lipinski definition) is 2. The van der Waals surface area contributed by atoms with E-state index in [2.05, 4.69) is 37.5 Å². The fourth-order valence-corrected chi connectivity index (χ4v) is 10.4. The molecule has 3 amide bonds. The number of amides is 3. The van der Waals surface area contributed by atoms with Crippen molar-refractivity contribution in [1.29, 1.82) is 0 Å². The lowest BCUT2D eigenvalue weighted by Crippen LogP contribution is -2.49. The van der Waals surface area contributed by atoms with E-state index in [1.807, 2.05) is 19.1 Å². The van der Waals surface area contributed by atoms with Gasteiger partial charge in [0.05, 0.1) is 24.2 Å². The Kier molecular flexibility index (Phi) is 9.90. The number of rotatable bonds is 4. The second-order valence-electron chi connectivity index (χ2n) is 14.9. The Hall–Kier alpha value is -3.22. The molecule has 2 saturated carbocycles. The summed E-state index contributed by atoms with van der Waals surface area (Å²) in [6.07, 6.45) is 7.07. The number of aryl methyl sites for hydroxylation is 1. The van der Waals surface area contributed by atoms with Crippen molar-refractivity contribution < 1.29 is 32.1 Å². The maximum atomic E-state index is 14.3. The third-order valence-corrected chi connectivity index (χ3v) is 13.5. The van der Waals surface area contributed by atoms with Crippen molar-refractivity contribution in [3.8, 4) is 5.75 Å². The van der Waals surface area contributed by atoms with Gasteiger partial charge in [0.15, 0.2) is 0 Å². The molecule has 1 spiro atoms. The Labute approximate surface area is 297 Å². The van der Waals surface area contributed by atoms with E-state index >= 15 is 0 Å². The first-order chi connectivity index (χ1) is 24.0. The average molecular weight is 731 g/mol. The van der Waals surface area contributed by atoms with Gasteiger partial charge in [0.25, 0.3) is 5.91 Å². The van der Waals surface area contributed by atoms with Gasteiger partial charge in [0, 0.05) is 48.2 Å². The fourth-order valence-electron chi connectivity index (χ4n) is 8.37. The first-order valence-electron chi connectivity index (χ1n) is 17.6. The van der Waals surface area contributed by atoms with Gasteiger partial charge >= 0.3 is 6.03 Å². The van der Waals surface area contributed by atoms with Gasteiger partial charge in [-0.05, 0) is 104 Å². The number of anilines is 1. The minimum Gasteiger partial charge on any atom is -0.490 e. The second kappa shape index (κ2) is 14.1. The van der Waals surface area contributed by atoms with Crippen molar-refractivity contribution >= 4 is 39.1 Å². The Morgan fingerprint density at radius 3 is 2.80 bits per heavy atom. The second-order valence-corrected chi connectivity index (χ2v) is 17.3. The van der Waals surface area contributed by atoms with Gasteiger partial charge in [0.1, 0.15) is 15.7 Å². The van der Waals surface area contributed by atoms with Gasteiger partial charge in [0.2, 0.25) is 6.43 Å². The predicted octanol–water partition coefficient (Wildman–Crippen LogP) is 6.93. The number of carbonyl (C=O) groups excluding carboxylic acids is 2. The molecule has 2 N–H and O–H groups in total. The summed E-state index contributed by atoms with van der Waals surface area (Å²) >= 11 is 6.43. The van der Waals surface area contributed by atoms with Crippen LogP contribution >= 0.6 is 11.6 Å². The summed E-state index contributed by atoms with van der Waals surface area (Å²) in [6, 6.07) is 9.71. The highest BCUT2D eigenvalue weighted by atomic mass is 35.5.